The Hall–Kier alpha value is -1.72. The number of nitrogens with one attached hydrogen (secondary N) is 1. The van der Waals surface area contributed by atoms with E-state index in [-0.39, 0.29) is 15.9 Å². The van der Waals surface area contributed by atoms with Gasteiger partial charge in [-0.25, -0.2) is 4.98 Å². The van der Waals surface area contributed by atoms with Crippen LogP contribution in [0.2, 0.25) is 10.2 Å². The van der Waals surface area contributed by atoms with Gasteiger partial charge in [0.05, 0.1) is 5.02 Å². The Balaban J connectivity index is 2.23. The molecule has 0 atom stereocenters. The molecule has 0 aliphatic rings. The number of pyridine rings is 1. The number of hydrogen-bond donors (Lipinski definition) is 1. The minimum atomic E-state index is -0.488. The first-order chi connectivity index (χ1) is 8.16. The fourth-order valence-corrected chi connectivity index (χ4v) is 1.46. The van der Waals surface area contributed by atoms with Crippen molar-refractivity contribution in [2.24, 2.45) is 0 Å². The molecular weight excluding hydrogens is 263 g/mol. The highest BCUT2D eigenvalue weighted by Gasteiger charge is 2.13. The number of amides is 1. The smallest absolute Gasteiger partial charge is 0.277 e. The minimum Gasteiger partial charge on any atom is -0.304 e. The minimum absolute atomic E-state index is 0.0461. The molecule has 2 heterocycles. The molecule has 2 aromatic rings. The van der Waals surface area contributed by atoms with Gasteiger partial charge in [0, 0.05) is 6.20 Å². The monoisotopic (exact) mass is 268 g/mol. The molecule has 0 aromatic carbocycles. The van der Waals surface area contributed by atoms with Crippen molar-refractivity contribution < 1.29 is 4.79 Å². The third-order valence-corrected chi connectivity index (χ3v) is 2.36. The average molecular weight is 269 g/mol. The van der Waals surface area contributed by atoms with Gasteiger partial charge in [0.25, 0.3) is 5.91 Å². The fourth-order valence-electron chi connectivity index (χ4n) is 1.12. The van der Waals surface area contributed by atoms with Crippen molar-refractivity contribution >= 4 is 34.9 Å². The molecule has 5 nitrogen and oxygen atoms in total. The van der Waals surface area contributed by atoms with Crippen LogP contribution in [0.1, 0.15) is 10.5 Å². The molecule has 1 amide bonds. The number of nitrogens with zero attached hydrogens (tertiary/aromatic N) is 3. The first-order valence-corrected chi connectivity index (χ1v) is 5.33. The summed E-state index contributed by atoms with van der Waals surface area (Å²) in [5.74, 6) is -0.173. The maximum atomic E-state index is 11.8. The molecule has 0 saturated carbocycles. The average Bonchev–Trinajstić information content (AvgIpc) is 2.33. The van der Waals surface area contributed by atoms with Crippen LogP contribution in [-0.2, 0) is 0 Å². The Morgan fingerprint density at radius 3 is 2.76 bits per heavy atom. The summed E-state index contributed by atoms with van der Waals surface area (Å²) in [5, 5.41) is 10.3. The molecule has 7 heteroatoms. The SMILES string of the molecule is O=C(Nc1cccnn1)c1nc(Cl)ccc1Cl. The topological polar surface area (TPSA) is 67.8 Å². The Bertz CT molecular complexity index is 547. The largest absolute Gasteiger partial charge is 0.304 e. The van der Waals surface area contributed by atoms with E-state index in [4.69, 9.17) is 23.2 Å². The molecular formula is C10H6Cl2N4O. The molecule has 0 spiro atoms. The Labute approximate surface area is 107 Å². The maximum absolute atomic E-state index is 11.8. The van der Waals surface area contributed by atoms with Crippen LogP contribution in [0.15, 0.2) is 30.5 Å². The van der Waals surface area contributed by atoms with Gasteiger partial charge in [-0.05, 0) is 24.3 Å². The van der Waals surface area contributed by atoms with E-state index in [2.05, 4.69) is 20.5 Å². The fraction of sp³-hybridized carbons (Fsp3) is 0. The molecule has 0 unspecified atom stereocenters. The summed E-state index contributed by atoms with van der Waals surface area (Å²) in [6, 6.07) is 6.25. The molecule has 0 saturated heterocycles. The molecule has 2 aromatic heterocycles. The normalized spacial score (nSPS) is 10.0. The van der Waals surface area contributed by atoms with Gasteiger partial charge in [-0.2, -0.15) is 5.10 Å². The van der Waals surface area contributed by atoms with Crippen LogP contribution in [0.3, 0.4) is 0 Å². The molecule has 86 valence electrons. The van der Waals surface area contributed by atoms with Crippen molar-refractivity contribution in [3.05, 3.63) is 46.3 Å². The number of aromatic nitrogens is 3. The Morgan fingerprint density at radius 2 is 2.06 bits per heavy atom. The lowest BCUT2D eigenvalue weighted by molar-refractivity contribution is 0.102. The number of anilines is 1. The summed E-state index contributed by atoms with van der Waals surface area (Å²) in [7, 11) is 0. The van der Waals surface area contributed by atoms with E-state index in [9.17, 15) is 4.79 Å². The second-order valence-electron chi connectivity index (χ2n) is 3.03. The number of hydrogen-bond acceptors (Lipinski definition) is 4. The van der Waals surface area contributed by atoms with Crippen LogP contribution in [0.25, 0.3) is 0 Å². The van der Waals surface area contributed by atoms with Gasteiger partial charge >= 0.3 is 0 Å². The molecule has 0 radical (unpaired) electrons. The van der Waals surface area contributed by atoms with Gasteiger partial charge < -0.3 is 5.32 Å². The van der Waals surface area contributed by atoms with Crippen LogP contribution in [0.4, 0.5) is 5.82 Å². The molecule has 0 bridgehead atoms. The second-order valence-corrected chi connectivity index (χ2v) is 3.82. The molecule has 0 aliphatic heterocycles. The third-order valence-electron chi connectivity index (χ3n) is 1.84. The lowest BCUT2D eigenvalue weighted by Crippen LogP contribution is -2.15. The van der Waals surface area contributed by atoms with Crippen LogP contribution in [0.5, 0.6) is 0 Å². The van der Waals surface area contributed by atoms with E-state index in [1.54, 1.807) is 12.1 Å². The first-order valence-electron chi connectivity index (χ1n) is 4.58. The van der Waals surface area contributed by atoms with E-state index in [1.807, 2.05) is 0 Å². The zero-order valence-electron chi connectivity index (χ0n) is 8.39. The summed E-state index contributed by atoms with van der Waals surface area (Å²) in [6.45, 7) is 0. The van der Waals surface area contributed by atoms with Crippen molar-refractivity contribution in [2.45, 2.75) is 0 Å². The van der Waals surface area contributed by atoms with E-state index in [0.29, 0.717) is 5.82 Å². The van der Waals surface area contributed by atoms with Gasteiger partial charge in [-0.1, -0.05) is 23.2 Å². The van der Waals surface area contributed by atoms with E-state index in [1.165, 1.54) is 18.3 Å². The molecule has 1 N–H and O–H groups in total. The van der Waals surface area contributed by atoms with Crippen LogP contribution in [0, 0.1) is 0 Å². The third kappa shape index (κ3) is 2.89. The van der Waals surface area contributed by atoms with Gasteiger partial charge in [0.1, 0.15) is 10.8 Å². The van der Waals surface area contributed by atoms with Crippen LogP contribution < -0.4 is 5.32 Å². The van der Waals surface area contributed by atoms with Crippen molar-refractivity contribution in [3.63, 3.8) is 0 Å². The van der Waals surface area contributed by atoms with Crippen LogP contribution in [-0.4, -0.2) is 21.1 Å². The molecule has 0 aliphatic carbocycles. The summed E-state index contributed by atoms with van der Waals surface area (Å²) in [6.07, 6.45) is 1.50. The molecule has 17 heavy (non-hydrogen) atoms. The highest BCUT2D eigenvalue weighted by molar-refractivity contribution is 6.35. The van der Waals surface area contributed by atoms with E-state index >= 15 is 0 Å². The zero-order valence-corrected chi connectivity index (χ0v) is 9.90. The number of halogens is 2. The molecule has 0 fully saturated rings. The predicted octanol–water partition coefficient (Wildman–Crippen LogP) is 2.43. The van der Waals surface area contributed by atoms with Gasteiger partial charge in [-0.15, -0.1) is 5.10 Å². The van der Waals surface area contributed by atoms with Crippen molar-refractivity contribution in [2.75, 3.05) is 5.32 Å². The van der Waals surface area contributed by atoms with Crippen molar-refractivity contribution in [1.82, 2.24) is 15.2 Å². The summed E-state index contributed by atoms with van der Waals surface area (Å²) >= 11 is 11.5. The first kappa shape index (κ1) is 11.8. The summed E-state index contributed by atoms with van der Waals surface area (Å²) < 4.78 is 0. The number of rotatable bonds is 2. The lowest BCUT2D eigenvalue weighted by atomic mass is 10.3. The number of carbonyl (C=O) groups is 1. The van der Waals surface area contributed by atoms with E-state index < -0.39 is 5.91 Å². The van der Waals surface area contributed by atoms with Gasteiger partial charge in [-0.3, -0.25) is 4.79 Å². The zero-order chi connectivity index (χ0) is 12.3. The second kappa shape index (κ2) is 5.07. The van der Waals surface area contributed by atoms with Crippen LogP contribution >= 0.6 is 23.2 Å². The standard InChI is InChI=1S/C10H6Cl2N4O/c11-6-3-4-7(12)14-9(6)10(17)15-8-2-1-5-13-16-8/h1-5H,(H,15,16,17). The maximum Gasteiger partial charge on any atom is 0.277 e. The Morgan fingerprint density at radius 1 is 1.24 bits per heavy atom. The highest BCUT2D eigenvalue weighted by Crippen LogP contribution is 2.17. The van der Waals surface area contributed by atoms with Gasteiger partial charge in [0.15, 0.2) is 5.82 Å². The Kier molecular flexibility index (Phi) is 3.51. The highest BCUT2D eigenvalue weighted by atomic mass is 35.5. The number of carbonyl (C=O) groups excluding carboxylic acids is 1. The van der Waals surface area contributed by atoms with Gasteiger partial charge in [0.2, 0.25) is 0 Å². The van der Waals surface area contributed by atoms with Crippen molar-refractivity contribution in [3.8, 4) is 0 Å². The van der Waals surface area contributed by atoms with Crippen molar-refractivity contribution in [1.29, 1.82) is 0 Å². The lowest BCUT2D eigenvalue weighted by Gasteiger charge is -2.04. The van der Waals surface area contributed by atoms with E-state index in [0.717, 1.165) is 0 Å². The molecule has 2 rings (SSSR count). The summed E-state index contributed by atoms with van der Waals surface area (Å²) in [5.41, 5.74) is 0.0461. The summed E-state index contributed by atoms with van der Waals surface area (Å²) in [4.78, 5) is 15.6. The predicted molar refractivity (Wildman–Crippen MR) is 64.2 cm³/mol. The quantitative estimate of drug-likeness (QED) is 0.850.